The van der Waals surface area contributed by atoms with Gasteiger partial charge in [-0.25, -0.2) is 0 Å². The fourth-order valence-electron chi connectivity index (χ4n) is 3.09. The average molecular weight is 752 g/mol. The molecule has 5 heteroatoms. The summed E-state index contributed by atoms with van der Waals surface area (Å²) < 4.78 is 0. The van der Waals surface area contributed by atoms with E-state index in [4.69, 9.17) is 0 Å². The third kappa shape index (κ3) is 17.5. The van der Waals surface area contributed by atoms with Gasteiger partial charge in [0.15, 0.2) is 0 Å². The zero-order valence-corrected chi connectivity index (χ0v) is 30.1. The zero-order valence-electron chi connectivity index (χ0n) is 23.9. The Bertz CT molecular complexity index is 849. The molecule has 0 fully saturated rings. The van der Waals surface area contributed by atoms with Gasteiger partial charge in [0.2, 0.25) is 0 Å². The molecule has 4 rings (SSSR count). The molecule has 0 aliphatic heterocycles. The van der Waals surface area contributed by atoms with Gasteiger partial charge in [-0.1, -0.05) is 72.8 Å². The molecule has 0 saturated heterocycles. The molecule has 0 bridgehead atoms. The molecule has 0 aromatic heterocycles. The van der Waals surface area contributed by atoms with Gasteiger partial charge in [0, 0.05) is 52.8 Å². The number of hydrogen-bond acceptors (Lipinski definition) is 0. The second-order valence-electron chi connectivity index (χ2n) is 9.46. The summed E-state index contributed by atoms with van der Waals surface area (Å²) in [5.41, 5.74) is 0. The number of hydrogen-bond donors (Lipinski definition) is 0. The van der Waals surface area contributed by atoms with Gasteiger partial charge in [-0.2, -0.15) is 0 Å². The quantitative estimate of drug-likeness (QED) is 0.195. The summed E-state index contributed by atoms with van der Waals surface area (Å²) in [7, 11) is -0.849. The van der Waals surface area contributed by atoms with Crippen molar-refractivity contribution in [3.05, 3.63) is 121 Å². The molecule has 0 aliphatic rings. The van der Waals surface area contributed by atoms with Crippen LogP contribution in [0.2, 0.25) is 0 Å². The Balaban J connectivity index is 0.000000463. The first kappa shape index (κ1) is 36.3. The van der Waals surface area contributed by atoms with E-state index >= 15 is 0 Å². The second-order valence-corrected chi connectivity index (χ2v) is 19.8. The summed E-state index contributed by atoms with van der Waals surface area (Å²) in [5.74, 6) is 0. The molecule has 0 spiro atoms. The Morgan fingerprint density at radius 1 is 0.270 bits per heavy atom. The second kappa shape index (κ2) is 22.1. The predicted octanol–water partition coefficient (Wildman–Crippen LogP) is 7.14. The first-order valence-corrected chi connectivity index (χ1v) is 22.6. The molecule has 0 heterocycles. The minimum atomic E-state index is -0.212. The van der Waals surface area contributed by atoms with Crippen molar-refractivity contribution in [2.24, 2.45) is 0 Å². The van der Waals surface area contributed by atoms with Crippen LogP contribution in [-0.4, -0.2) is 53.3 Å². The Kier molecular flexibility index (Phi) is 21.7. The monoisotopic (exact) mass is 751 g/mol. The normalized spacial score (nSPS) is 9.84. The topological polar surface area (TPSA) is 0 Å². The van der Waals surface area contributed by atoms with E-state index in [1.54, 1.807) is 0 Å². The number of benzene rings is 4. The molecule has 0 N–H and O–H groups in total. The molecule has 4 aromatic rings. The fraction of sp³-hybridized carbons (Fsp3) is 0.250. The van der Waals surface area contributed by atoms with Crippen LogP contribution >= 0.6 is 31.7 Å². The Labute approximate surface area is 247 Å². The van der Waals surface area contributed by atoms with Crippen LogP contribution in [0, 0.1) is 0 Å². The molecule has 202 valence electrons. The first-order valence-electron chi connectivity index (χ1n) is 12.6. The third-order valence-corrected chi connectivity index (χ3v) is 11.4. The van der Waals surface area contributed by atoms with Crippen molar-refractivity contribution in [3.8, 4) is 0 Å². The van der Waals surface area contributed by atoms with Crippen LogP contribution in [0.15, 0.2) is 121 Å². The van der Waals surface area contributed by atoms with Crippen molar-refractivity contribution in [2.75, 3.05) is 53.3 Å². The summed E-state index contributed by atoms with van der Waals surface area (Å²) in [6.07, 6.45) is 0. The van der Waals surface area contributed by atoms with Crippen molar-refractivity contribution in [1.29, 1.82) is 0 Å². The van der Waals surface area contributed by atoms with E-state index < -0.39 is 0 Å². The Morgan fingerprint density at radius 3 is 0.486 bits per heavy atom. The van der Waals surface area contributed by atoms with Crippen molar-refractivity contribution in [3.63, 3.8) is 0 Å². The third-order valence-electron chi connectivity index (χ3n) is 5.40. The molecule has 0 saturated carbocycles. The summed E-state index contributed by atoms with van der Waals surface area (Å²) in [6.45, 7) is 18.4. The summed E-state index contributed by atoms with van der Waals surface area (Å²) in [6, 6.07) is 42.7. The predicted molar refractivity (Wildman–Crippen MR) is 185 cm³/mol. The van der Waals surface area contributed by atoms with Crippen molar-refractivity contribution in [1.82, 2.24) is 0 Å². The summed E-state index contributed by atoms with van der Waals surface area (Å²) >= 11 is 0. The molecule has 0 unspecified atom stereocenters. The van der Waals surface area contributed by atoms with E-state index in [0.29, 0.717) is 0 Å². The summed E-state index contributed by atoms with van der Waals surface area (Å²) in [5, 5.41) is 6.06. The Hall–Kier alpha value is -0.712. The van der Waals surface area contributed by atoms with Gasteiger partial charge in [-0.05, 0) is 48.5 Å². The van der Waals surface area contributed by atoms with Crippen LogP contribution in [0.4, 0.5) is 0 Å². The zero-order chi connectivity index (χ0) is 26.8. The van der Waals surface area contributed by atoms with Gasteiger partial charge in [0.1, 0.15) is 0 Å². The van der Waals surface area contributed by atoms with Gasteiger partial charge in [0.05, 0.1) is 74.5 Å². The smallest absolute Gasteiger partial charge is 0.0620 e. The van der Waals surface area contributed by atoms with Crippen LogP contribution in [0.5, 0.6) is 0 Å². The molecule has 0 aliphatic carbocycles. The molecule has 37 heavy (non-hydrogen) atoms. The molecular weight excluding hydrogens is 703 g/mol. The van der Waals surface area contributed by atoms with Gasteiger partial charge in [0.25, 0.3) is 0 Å². The SMILES string of the molecule is C[PH+](C)c1ccccc1.C[PH+](C)c1ccccc1.C[PH+](C)c1ccccc1.C[PH+](C)c1ccccc1.[Pt]. The maximum atomic E-state index is 2.31. The number of rotatable bonds is 4. The molecule has 4 aromatic carbocycles. The van der Waals surface area contributed by atoms with Gasteiger partial charge in [-0.15, -0.1) is 0 Å². The van der Waals surface area contributed by atoms with E-state index in [1.807, 2.05) is 0 Å². The maximum Gasteiger partial charge on any atom is 0.0908 e. The van der Waals surface area contributed by atoms with Crippen molar-refractivity contribution < 1.29 is 21.1 Å². The Morgan fingerprint density at radius 2 is 0.405 bits per heavy atom. The molecular formula is C32H48P4Pt+4. The van der Waals surface area contributed by atoms with Crippen molar-refractivity contribution in [2.45, 2.75) is 0 Å². The molecule has 0 nitrogen and oxygen atoms in total. The van der Waals surface area contributed by atoms with E-state index in [0.717, 1.165) is 0 Å². The maximum absolute atomic E-state index is 2.31. The van der Waals surface area contributed by atoms with E-state index in [2.05, 4.69) is 175 Å². The fourth-order valence-corrected chi connectivity index (χ4v) is 6.52. The van der Waals surface area contributed by atoms with Crippen LogP contribution in [0.1, 0.15) is 0 Å². The van der Waals surface area contributed by atoms with E-state index in [-0.39, 0.29) is 52.8 Å². The minimum Gasteiger partial charge on any atom is -0.0620 e. The minimum absolute atomic E-state index is 0. The van der Waals surface area contributed by atoms with Crippen molar-refractivity contribution >= 4 is 52.9 Å². The standard InChI is InChI=1S/4C8H11P.Pt/c4*1-9(2)8-6-4-3-5-7-8;/h4*3-7H,1-2H3;/p+4. The van der Waals surface area contributed by atoms with Crippen LogP contribution in [0.25, 0.3) is 0 Å². The van der Waals surface area contributed by atoms with Gasteiger partial charge >= 0.3 is 0 Å². The largest absolute Gasteiger partial charge is 0.0908 e. The van der Waals surface area contributed by atoms with E-state index in [9.17, 15) is 0 Å². The molecule has 0 amide bonds. The van der Waals surface area contributed by atoms with Crippen LogP contribution in [-0.2, 0) is 21.1 Å². The van der Waals surface area contributed by atoms with Crippen LogP contribution < -0.4 is 21.2 Å². The van der Waals surface area contributed by atoms with Gasteiger partial charge in [-0.3, -0.25) is 0 Å². The van der Waals surface area contributed by atoms with E-state index in [1.165, 1.54) is 21.2 Å². The first-order chi connectivity index (χ1) is 17.2. The molecule has 0 radical (unpaired) electrons. The molecule has 0 atom stereocenters. The van der Waals surface area contributed by atoms with Gasteiger partial charge < -0.3 is 0 Å². The van der Waals surface area contributed by atoms with Crippen LogP contribution in [0.3, 0.4) is 0 Å². The average Bonchev–Trinajstić information content (AvgIpc) is 2.92. The summed E-state index contributed by atoms with van der Waals surface area (Å²) in [4.78, 5) is 0.